The highest BCUT2D eigenvalue weighted by molar-refractivity contribution is 6.02. The van der Waals surface area contributed by atoms with Crippen molar-refractivity contribution >= 4 is 17.5 Å². The summed E-state index contributed by atoms with van der Waals surface area (Å²) in [5.41, 5.74) is 0.909. The van der Waals surface area contributed by atoms with Gasteiger partial charge >= 0.3 is 6.18 Å². The monoisotopic (exact) mass is 521 g/mol. The number of nitrogens with one attached hydrogen (secondary N) is 2. The van der Waals surface area contributed by atoms with Crippen molar-refractivity contribution in [1.82, 2.24) is 10.2 Å². The second-order valence-electron chi connectivity index (χ2n) is 9.91. The fraction of sp³-hybridized carbons (Fsp3) is 0.481. The first-order valence-corrected chi connectivity index (χ1v) is 12.4. The second kappa shape index (κ2) is 10.7. The molecule has 2 N–H and O–H groups in total. The van der Waals surface area contributed by atoms with Crippen molar-refractivity contribution in [1.29, 1.82) is 0 Å². The van der Waals surface area contributed by atoms with Crippen LogP contribution >= 0.6 is 0 Å². The molecule has 2 saturated heterocycles. The number of benzene rings is 2. The third-order valence-electron chi connectivity index (χ3n) is 6.94. The molecule has 37 heavy (non-hydrogen) atoms. The van der Waals surface area contributed by atoms with Gasteiger partial charge in [0, 0.05) is 30.3 Å². The number of ether oxygens (including phenoxy) is 1. The van der Waals surface area contributed by atoms with Gasteiger partial charge in [-0.1, -0.05) is 24.6 Å². The molecule has 6 nitrogen and oxygen atoms in total. The molecule has 0 aliphatic carbocycles. The number of aryl methyl sites for hydroxylation is 1. The van der Waals surface area contributed by atoms with Crippen LogP contribution in [0.2, 0.25) is 0 Å². The molecule has 0 aromatic heterocycles. The van der Waals surface area contributed by atoms with Crippen molar-refractivity contribution in [3.05, 3.63) is 64.5 Å². The van der Waals surface area contributed by atoms with Gasteiger partial charge in [0.05, 0.1) is 30.4 Å². The third-order valence-corrected chi connectivity index (χ3v) is 6.94. The lowest BCUT2D eigenvalue weighted by Crippen LogP contribution is -2.50. The normalized spacial score (nSPS) is 20.9. The van der Waals surface area contributed by atoms with Crippen molar-refractivity contribution in [3.8, 4) is 0 Å². The van der Waals surface area contributed by atoms with E-state index >= 15 is 0 Å². The van der Waals surface area contributed by atoms with Gasteiger partial charge in [0.2, 0.25) is 5.91 Å². The number of halogens is 4. The van der Waals surface area contributed by atoms with E-state index in [4.69, 9.17) is 4.74 Å². The first-order valence-electron chi connectivity index (χ1n) is 12.4. The fourth-order valence-electron chi connectivity index (χ4n) is 4.95. The van der Waals surface area contributed by atoms with Crippen molar-refractivity contribution in [2.75, 3.05) is 31.6 Å². The topological polar surface area (TPSA) is 70.7 Å². The summed E-state index contributed by atoms with van der Waals surface area (Å²) in [5, 5.41) is 6.02. The van der Waals surface area contributed by atoms with Crippen molar-refractivity contribution in [2.45, 2.75) is 45.5 Å². The molecule has 2 aliphatic rings. The van der Waals surface area contributed by atoms with Crippen LogP contribution in [0.5, 0.6) is 0 Å². The minimum atomic E-state index is -4.68. The average molecular weight is 522 g/mol. The molecular formula is C27H31F4N3O3. The number of amides is 2. The average Bonchev–Trinajstić information content (AvgIpc) is 3.19. The van der Waals surface area contributed by atoms with Crippen LogP contribution in [0.15, 0.2) is 36.4 Å². The zero-order chi connectivity index (χ0) is 26.9. The summed E-state index contributed by atoms with van der Waals surface area (Å²) in [7, 11) is 0. The summed E-state index contributed by atoms with van der Waals surface area (Å²) >= 11 is 0. The Bertz CT molecular complexity index is 1170. The lowest BCUT2D eigenvalue weighted by atomic mass is 9.90. The Morgan fingerprint density at radius 1 is 1.16 bits per heavy atom. The SMILES string of the molecule is CCNc1ccc(C)cc1C(=O)N1C[C@H](C)C[C@@H]1C(=O)N[C@@H](c1ccc(C(F)(F)F)cc1F)C1COC1. The zero-order valence-corrected chi connectivity index (χ0v) is 21.0. The minimum Gasteiger partial charge on any atom is -0.385 e. The van der Waals surface area contributed by atoms with Gasteiger partial charge in [-0.05, 0) is 50.5 Å². The van der Waals surface area contributed by atoms with Gasteiger partial charge in [-0.15, -0.1) is 0 Å². The van der Waals surface area contributed by atoms with Crippen molar-refractivity contribution in [2.24, 2.45) is 11.8 Å². The molecule has 0 saturated carbocycles. The molecule has 0 bridgehead atoms. The van der Waals surface area contributed by atoms with Crippen LogP contribution in [0.25, 0.3) is 0 Å². The smallest absolute Gasteiger partial charge is 0.385 e. The number of carbonyl (C=O) groups is 2. The standard InChI is InChI=1S/C27H31F4N3O3/c1-4-32-22-8-5-15(2)9-20(22)26(36)34-12-16(3)10-23(34)25(35)33-24(17-13-37-14-17)19-7-6-18(11-21(19)28)27(29,30)31/h5-9,11,16-17,23-24,32H,4,10,12-14H2,1-3H3,(H,33,35)/t16-,23-,24-/m1/s1. The minimum absolute atomic E-state index is 0.0355. The molecule has 200 valence electrons. The molecule has 2 amide bonds. The molecule has 0 spiro atoms. The number of likely N-dealkylation sites (tertiary alicyclic amines) is 1. The van der Waals surface area contributed by atoms with Gasteiger partial charge in [-0.3, -0.25) is 9.59 Å². The van der Waals surface area contributed by atoms with Gasteiger partial charge < -0.3 is 20.3 Å². The number of hydrogen-bond donors (Lipinski definition) is 2. The molecule has 2 heterocycles. The van der Waals surface area contributed by atoms with E-state index in [2.05, 4.69) is 10.6 Å². The first-order chi connectivity index (χ1) is 17.5. The highest BCUT2D eigenvalue weighted by Gasteiger charge is 2.42. The van der Waals surface area contributed by atoms with Gasteiger partial charge in [0.25, 0.3) is 5.91 Å². The van der Waals surface area contributed by atoms with Crippen LogP contribution < -0.4 is 10.6 Å². The number of carbonyl (C=O) groups excluding carboxylic acids is 2. The molecule has 10 heteroatoms. The van der Waals surface area contributed by atoms with E-state index in [1.807, 2.05) is 32.9 Å². The Labute approximate surface area is 213 Å². The fourth-order valence-corrected chi connectivity index (χ4v) is 4.95. The molecular weight excluding hydrogens is 490 g/mol. The van der Waals surface area contributed by atoms with Gasteiger partial charge in [0.15, 0.2) is 0 Å². The summed E-state index contributed by atoms with van der Waals surface area (Å²) in [4.78, 5) is 28.7. The summed E-state index contributed by atoms with van der Waals surface area (Å²) in [5.74, 6) is -2.04. The zero-order valence-electron chi connectivity index (χ0n) is 21.0. The Balaban J connectivity index is 1.59. The lowest BCUT2D eigenvalue weighted by Gasteiger charge is -2.36. The molecule has 2 aromatic rings. The second-order valence-corrected chi connectivity index (χ2v) is 9.91. The highest BCUT2D eigenvalue weighted by Crippen LogP contribution is 2.35. The quantitative estimate of drug-likeness (QED) is 0.507. The number of nitrogens with zero attached hydrogens (tertiary/aromatic N) is 1. The number of rotatable bonds is 7. The summed E-state index contributed by atoms with van der Waals surface area (Å²) in [6.07, 6.45) is -4.26. The van der Waals surface area contributed by atoms with E-state index in [0.29, 0.717) is 36.8 Å². The van der Waals surface area contributed by atoms with Crippen LogP contribution in [0.1, 0.15) is 53.4 Å². The van der Waals surface area contributed by atoms with Crippen LogP contribution in [-0.2, 0) is 15.7 Å². The van der Waals surface area contributed by atoms with Crippen LogP contribution in [-0.4, -0.2) is 49.1 Å². The van der Waals surface area contributed by atoms with Gasteiger partial charge in [0.1, 0.15) is 11.9 Å². The summed E-state index contributed by atoms with van der Waals surface area (Å²) in [6.45, 7) is 7.23. The van der Waals surface area contributed by atoms with E-state index in [1.54, 1.807) is 6.07 Å². The van der Waals surface area contributed by atoms with E-state index < -0.39 is 35.5 Å². The predicted octanol–water partition coefficient (Wildman–Crippen LogP) is 4.94. The Morgan fingerprint density at radius 2 is 1.89 bits per heavy atom. The number of hydrogen-bond acceptors (Lipinski definition) is 4. The highest BCUT2D eigenvalue weighted by atomic mass is 19.4. The lowest BCUT2D eigenvalue weighted by molar-refractivity contribution is -0.138. The third kappa shape index (κ3) is 5.74. The van der Waals surface area contributed by atoms with E-state index in [1.165, 1.54) is 4.90 Å². The molecule has 0 radical (unpaired) electrons. The van der Waals surface area contributed by atoms with Crippen molar-refractivity contribution < 1.29 is 31.9 Å². The van der Waals surface area contributed by atoms with Gasteiger partial charge in [-0.25, -0.2) is 4.39 Å². The maximum absolute atomic E-state index is 14.9. The Morgan fingerprint density at radius 3 is 2.49 bits per heavy atom. The molecule has 4 rings (SSSR count). The molecule has 2 aromatic carbocycles. The van der Waals surface area contributed by atoms with Crippen LogP contribution in [0.4, 0.5) is 23.2 Å². The molecule has 2 aliphatic heterocycles. The largest absolute Gasteiger partial charge is 0.416 e. The Hall–Kier alpha value is -3.14. The van der Waals surface area contributed by atoms with E-state index in [-0.39, 0.29) is 36.5 Å². The summed E-state index contributed by atoms with van der Waals surface area (Å²) in [6, 6.07) is 6.16. The predicted molar refractivity (Wildman–Crippen MR) is 131 cm³/mol. The van der Waals surface area contributed by atoms with Crippen LogP contribution in [0.3, 0.4) is 0 Å². The summed E-state index contributed by atoms with van der Waals surface area (Å²) < 4.78 is 59.2. The molecule has 3 atom stereocenters. The van der Waals surface area contributed by atoms with Crippen LogP contribution in [0, 0.1) is 24.6 Å². The molecule has 2 fully saturated rings. The van der Waals surface area contributed by atoms with E-state index in [0.717, 1.165) is 17.7 Å². The molecule has 0 unspecified atom stereocenters. The Kier molecular flexibility index (Phi) is 7.77. The van der Waals surface area contributed by atoms with Crippen molar-refractivity contribution in [3.63, 3.8) is 0 Å². The van der Waals surface area contributed by atoms with E-state index in [9.17, 15) is 27.2 Å². The van der Waals surface area contributed by atoms with Gasteiger partial charge in [-0.2, -0.15) is 13.2 Å². The maximum atomic E-state index is 14.9. The number of anilines is 1. The maximum Gasteiger partial charge on any atom is 0.416 e. The number of alkyl halides is 3. The first kappa shape index (κ1) is 26.9.